The highest BCUT2D eigenvalue weighted by molar-refractivity contribution is 7.16. The molecule has 0 spiro atoms. The second kappa shape index (κ2) is 8.65. The van der Waals surface area contributed by atoms with Gasteiger partial charge >= 0.3 is 0 Å². The van der Waals surface area contributed by atoms with E-state index in [-0.39, 0.29) is 6.04 Å². The Morgan fingerprint density at radius 2 is 2.09 bits per heavy atom. The van der Waals surface area contributed by atoms with Crippen molar-refractivity contribution < 1.29 is 4.74 Å². The number of piperazine rings is 1. The Morgan fingerprint density at radius 1 is 1.25 bits per heavy atom. The van der Waals surface area contributed by atoms with Gasteiger partial charge in [-0.15, -0.1) is 11.3 Å². The smallest absolute Gasteiger partial charge is 0.130 e. The summed E-state index contributed by atoms with van der Waals surface area (Å²) in [5, 5.41) is 7.83. The average Bonchev–Trinajstić information content (AvgIpc) is 3.22. The van der Waals surface area contributed by atoms with Crippen molar-refractivity contribution in [2.75, 3.05) is 26.8 Å². The summed E-state index contributed by atoms with van der Waals surface area (Å²) in [7, 11) is 1.80. The Morgan fingerprint density at radius 3 is 2.88 bits per heavy atom. The van der Waals surface area contributed by atoms with Gasteiger partial charge in [-0.25, -0.2) is 9.97 Å². The van der Waals surface area contributed by atoms with Crippen LogP contribution in [0, 0.1) is 5.92 Å². The molecule has 2 aromatic heterocycles. The van der Waals surface area contributed by atoms with Crippen LogP contribution in [0.2, 0.25) is 5.02 Å². The molecule has 2 bridgehead atoms. The molecular formula is C25H29ClN4OS. The Bertz CT molecular complexity index is 1110. The summed E-state index contributed by atoms with van der Waals surface area (Å²) >= 11 is 8.53. The highest BCUT2D eigenvalue weighted by Crippen LogP contribution is 2.51. The van der Waals surface area contributed by atoms with Crippen LogP contribution in [0.3, 0.4) is 0 Å². The molecule has 6 rings (SSSR count). The maximum Gasteiger partial charge on any atom is 0.130 e. The van der Waals surface area contributed by atoms with Gasteiger partial charge in [0.2, 0.25) is 0 Å². The zero-order valence-corrected chi connectivity index (χ0v) is 19.9. The lowest BCUT2D eigenvalue weighted by molar-refractivity contribution is 0.0672. The summed E-state index contributed by atoms with van der Waals surface area (Å²) in [5.74, 6) is 2.04. The van der Waals surface area contributed by atoms with E-state index in [9.17, 15) is 0 Å². The molecule has 1 aromatic carbocycles. The number of nitrogens with zero attached hydrogens (tertiary/aromatic N) is 3. The number of thiophene rings is 1. The average molecular weight is 469 g/mol. The van der Waals surface area contributed by atoms with Crippen LogP contribution in [0.15, 0.2) is 35.8 Å². The lowest BCUT2D eigenvalue weighted by atomic mass is 9.99. The van der Waals surface area contributed by atoms with E-state index in [0.29, 0.717) is 30.5 Å². The van der Waals surface area contributed by atoms with Crippen molar-refractivity contribution in [3.05, 3.63) is 57.8 Å². The fourth-order valence-electron chi connectivity index (χ4n) is 5.68. The van der Waals surface area contributed by atoms with Gasteiger partial charge in [-0.3, -0.25) is 4.90 Å². The number of halogens is 1. The predicted octanol–water partition coefficient (Wildman–Crippen LogP) is 4.81. The SMILES string of the molecule is COCC(c1ccc(C2CC2Cc2ncc3ccsc3n2)c(Cl)c1)N1CC2CCC(C1)N2. The van der Waals surface area contributed by atoms with Crippen LogP contribution in [-0.4, -0.2) is 53.8 Å². The summed E-state index contributed by atoms with van der Waals surface area (Å²) in [6.07, 6.45) is 6.60. The number of fused-ring (bicyclic) bond motifs is 3. The maximum atomic E-state index is 6.85. The van der Waals surface area contributed by atoms with E-state index in [1.54, 1.807) is 18.4 Å². The fraction of sp³-hybridized carbons (Fsp3) is 0.520. The Kier molecular flexibility index (Phi) is 5.68. The van der Waals surface area contributed by atoms with E-state index in [4.69, 9.17) is 21.3 Å². The molecule has 1 aliphatic carbocycles. The number of hydrogen-bond acceptors (Lipinski definition) is 6. The Balaban J connectivity index is 1.16. The molecule has 0 amide bonds. The van der Waals surface area contributed by atoms with Crippen LogP contribution in [-0.2, 0) is 11.2 Å². The first kappa shape index (κ1) is 21.0. The Hall–Kier alpha value is -1.57. The monoisotopic (exact) mass is 468 g/mol. The van der Waals surface area contributed by atoms with Gasteiger partial charge in [0.1, 0.15) is 10.7 Å². The Labute approximate surface area is 198 Å². The van der Waals surface area contributed by atoms with E-state index in [1.807, 2.05) is 6.20 Å². The number of methoxy groups -OCH3 is 1. The minimum absolute atomic E-state index is 0.262. The molecule has 5 atom stereocenters. The van der Waals surface area contributed by atoms with Crippen molar-refractivity contribution in [2.24, 2.45) is 5.92 Å². The molecule has 2 aliphatic heterocycles. The number of ether oxygens (including phenoxy) is 1. The molecule has 0 radical (unpaired) electrons. The number of aromatic nitrogens is 2. The van der Waals surface area contributed by atoms with Gasteiger partial charge in [0, 0.05) is 55.3 Å². The van der Waals surface area contributed by atoms with E-state index in [0.717, 1.165) is 47.0 Å². The lowest BCUT2D eigenvalue weighted by Crippen LogP contribution is -2.52. The number of likely N-dealkylation sites (tertiary alicyclic amines) is 1. The van der Waals surface area contributed by atoms with Gasteiger partial charge in [0.15, 0.2) is 0 Å². The minimum Gasteiger partial charge on any atom is -0.383 e. The molecule has 3 aliphatic rings. The molecule has 5 nitrogen and oxygen atoms in total. The van der Waals surface area contributed by atoms with Gasteiger partial charge in [-0.2, -0.15) is 0 Å². The van der Waals surface area contributed by atoms with E-state index in [2.05, 4.69) is 44.8 Å². The van der Waals surface area contributed by atoms with Crippen LogP contribution < -0.4 is 5.32 Å². The molecule has 4 heterocycles. The van der Waals surface area contributed by atoms with Gasteiger partial charge < -0.3 is 10.1 Å². The van der Waals surface area contributed by atoms with Gasteiger partial charge in [0.05, 0.1) is 12.6 Å². The molecule has 32 heavy (non-hydrogen) atoms. The van der Waals surface area contributed by atoms with Crippen LogP contribution in [0.1, 0.15) is 48.2 Å². The van der Waals surface area contributed by atoms with E-state index in [1.165, 1.54) is 24.0 Å². The summed E-state index contributed by atoms with van der Waals surface area (Å²) in [5.41, 5.74) is 2.54. The van der Waals surface area contributed by atoms with Crippen molar-refractivity contribution in [3.8, 4) is 0 Å². The van der Waals surface area contributed by atoms with Crippen molar-refractivity contribution in [3.63, 3.8) is 0 Å². The summed E-state index contributed by atoms with van der Waals surface area (Å²) in [6.45, 7) is 2.87. The third-order valence-corrected chi connectivity index (χ3v) is 8.59. The third-order valence-electron chi connectivity index (χ3n) is 7.44. The topological polar surface area (TPSA) is 50.3 Å². The fourth-order valence-corrected chi connectivity index (χ4v) is 6.77. The number of rotatable bonds is 7. The standard InChI is InChI=1S/C25H29ClN4OS/c1-31-14-23(30-12-18-3-4-19(13-30)28-18)15-2-5-20(22(26)9-15)21-8-17(21)10-24-27-11-16-6-7-32-25(16)29-24/h2,5-7,9,11,17-19,21,23,28H,3-4,8,10,12-14H2,1H3. The van der Waals surface area contributed by atoms with Crippen molar-refractivity contribution in [1.29, 1.82) is 0 Å². The minimum atomic E-state index is 0.262. The van der Waals surface area contributed by atoms with E-state index < -0.39 is 0 Å². The van der Waals surface area contributed by atoms with Gasteiger partial charge in [0.25, 0.3) is 0 Å². The summed E-state index contributed by atoms with van der Waals surface area (Å²) in [6, 6.07) is 10.3. The molecular weight excluding hydrogens is 440 g/mol. The molecule has 3 fully saturated rings. The molecule has 168 valence electrons. The normalized spacial score (nSPS) is 28.3. The van der Waals surface area contributed by atoms with Crippen LogP contribution >= 0.6 is 22.9 Å². The quantitative estimate of drug-likeness (QED) is 0.539. The number of benzene rings is 1. The molecule has 5 unspecified atom stereocenters. The van der Waals surface area contributed by atoms with Gasteiger partial charge in [-0.05, 0) is 59.7 Å². The molecule has 2 saturated heterocycles. The maximum absolute atomic E-state index is 6.85. The summed E-state index contributed by atoms with van der Waals surface area (Å²) in [4.78, 5) is 13.0. The second-order valence-corrected chi connectivity index (χ2v) is 10.9. The highest BCUT2D eigenvalue weighted by Gasteiger charge is 2.40. The third kappa shape index (κ3) is 4.08. The van der Waals surface area contributed by atoms with Crippen molar-refractivity contribution in [2.45, 2.75) is 49.7 Å². The van der Waals surface area contributed by atoms with Crippen LogP contribution in [0.4, 0.5) is 0 Å². The largest absolute Gasteiger partial charge is 0.383 e. The second-order valence-electron chi connectivity index (χ2n) is 9.62. The first-order valence-corrected chi connectivity index (χ1v) is 12.9. The molecule has 1 N–H and O–H groups in total. The molecule has 3 aromatic rings. The summed E-state index contributed by atoms with van der Waals surface area (Å²) < 4.78 is 5.62. The van der Waals surface area contributed by atoms with E-state index >= 15 is 0 Å². The van der Waals surface area contributed by atoms with Crippen LogP contribution in [0.5, 0.6) is 0 Å². The lowest BCUT2D eigenvalue weighted by Gasteiger charge is -2.38. The van der Waals surface area contributed by atoms with Gasteiger partial charge in [-0.1, -0.05) is 23.7 Å². The molecule has 7 heteroatoms. The number of hydrogen-bond donors (Lipinski definition) is 1. The van der Waals surface area contributed by atoms with Crippen molar-refractivity contribution in [1.82, 2.24) is 20.2 Å². The first-order chi connectivity index (χ1) is 15.7. The first-order valence-electron chi connectivity index (χ1n) is 11.7. The highest BCUT2D eigenvalue weighted by atomic mass is 35.5. The molecule has 1 saturated carbocycles. The zero-order chi connectivity index (χ0) is 21.7. The van der Waals surface area contributed by atoms with Crippen LogP contribution in [0.25, 0.3) is 10.2 Å². The zero-order valence-electron chi connectivity index (χ0n) is 18.3. The van der Waals surface area contributed by atoms with Crippen molar-refractivity contribution >= 4 is 33.2 Å². The predicted molar refractivity (Wildman–Crippen MR) is 130 cm³/mol. The number of nitrogens with one attached hydrogen (secondary N) is 1.